The number of rotatable bonds is 9. The summed E-state index contributed by atoms with van der Waals surface area (Å²) in [6.07, 6.45) is 4.00. The molecule has 7 heteroatoms. The van der Waals surface area contributed by atoms with Crippen LogP contribution in [0.1, 0.15) is 28.9 Å². The standard InChI is InChI=1S/C24H29N5O2/c1-19-25-13-14-29(19)18-22-10-6-9-21(15-22)16-27-24(31)26-12-11-23(30)28(2)17-20-7-4-3-5-8-20/h3-10,13-15H,11-12,16-18H2,1-2H3,(H2,26,27,31). The van der Waals surface area contributed by atoms with Crippen molar-refractivity contribution in [1.29, 1.82) is 0 Å². The fourth-order valence-electron chi connectivity index (χ4n) is 3.27. The van der Waals surface area contributed by atoms with E-state index < -0.39 is 0 Å². The van der Waals surface area contributed by atoms with Crippen LogP contribution in [0.15, 0.2) is 67.0 Å². The zero-order valence-electron chi connectivity index (χ0n) is 18.0. The minimum absolute atomic E-state index is 0.00773. The van der Waals surface area contributed by atoms with Gasteiger partial charge < -0.3 is 20.1 Å². The third-order valence-corrected chi connectivity index (χ3v) is 5.03. The lowest BCUT2D eigenvalue weighted by molar-refractivity contribution is -0.130. The first-order valence-corrected chi connectivity index (χ1v) is 10.4. The van der Waals surface area contributed by atoms with Gasteiger partial charge >= 0.3 is 6.03 Å². The van der Waals surface area contributed by atoms with E-state index in [0.717, 1.165) is 29.1 Å². The summed E-state index contributed by atoms with van der Waals surface area (Å²) in [7, 11) is 1.77. The van der Waals surface area contributed by atoms with Gasteiger partial charge in [0.15, 0.2) is 0 Å². The predicted molar refractivity (Wildman–Crippen MR) is 120 cm³/mol. The van der Waals surface area contributed by atoms with Crippen molar-refractivity contribution in [3.05, 3.63) is 89.5 Å². The first-order chi connectivity index (χ1) is 15.0. The maximum absolute atomic E-state index is 12.2. The number of carbonyl (C=O) groups excluding carboxylic acids is 2. The molecular weight excluding hydrogens is 390 g/mol. The van der Waals surface area contributed by atoms with Gasteiger partial charge in [-0.2, -0.15) is 0 Å². The van der Waals surface area contributed by atoms with Gasteiger partial charge in [0.25, 0.3) is 0 Å². The normalized spacial score (nSPS) is 10.5. The number of urea groups is 1. The van der Waals surface area contributed by atoms with Crippen molar-refractivity contribution < 1.29 is 9.59 Å². The molecule has 0 spiro atoms. The number of imidazole rings is 1. The van der Waals surface area contributed by atoms with Crippen LogP contribution in [0.2, 0.25) is 0 Å². The Balaban J connectivity index is 1.38. The van der Waals surface area contributed by atoms with E-state index in [0.29, 0.717) is 19.6 Å². The van der Waals surface area contributed by atoms with E-state index in [1.165, 1.54) is 0 Å². The molecule has 162 valence electrons. The third kappa shape index (κ3) is 6.99. The minimum atomic E-state index is -0.283. The van der Waals surface area contributed by atoms with Crippen molar-refractivity contribution >= 4 is 11.9 Å². The quantitative estimate of drug-likeness (QED) is 0.559. The Hall–Kier alpha value is -3.61. The summed E-state index contributed by atoms with van der Waals surface area (Å²) in [5.41, 5.74) is 3.24. The summed E-state index contributed by atoms with van der Waals surface area (Å²) in [4.78, 5) is 30.2. The molecule has 0 saturated heterocycles. The minimum Gasteiger partial charge on any atom is -0.341 e. The first kappa shape index (κ1) is 22.1. The van der Waals surface area contributed by atoms with Crippen LogP contribution in [0.3, 0.4) is 0 Å². The molecule has 31 heavy (non-hydrogen) atoms. The second-order valence-electron chi connectivity index (χ2n) is 7.52. The Morgan fingerprint density at radius 3 is 2.48 bits per heavy atom. The summed E-state index contributed by atoms with van der Waals surface area (Å²) >= 11 is 0. The average molecular weight is 420 g/mol. The highest BCUT2D eigenvalue weighted by Gasteiger charge is 2.10. The summed E-state index contributed by atoms with van der Waals surface area (Å²) < 4.78 is 2.07. The van der Waals surface area contributed by atoms with E-state index in [9.17, 15) is 9.59 Å². The van der Waals surface area contributed by atoms with Gasteiger partial charge in [0.05, 0.1) is 0 Å². The fourth-order valence-corrected chi connectivity index (χ4v) is 3.27. The van der Waals surface area contributed by atoms with Crippen molar-refractivity contribution in [2.45, 2.75) is 33.0 Å². The summed E-state index contributed by atoms with van der Waals surface area (Å²) in [5.74, 6) is 0.957. The second kappa shape index (κ2) is 11.0. The van der Waals surface area contributed by atoms with Gasteiger partial charge in [-0.05, 0) is 23.6 Å². The van der Waals surface area contributed by atoms with Crippen molar-refractivity contribution in [1.82, 2.24) is 25.1 Å². The molecule has 3 aromatic rings. The van der Waals surface area contributed by atoms with Crippen LogP contribution in [0.4, 0.5) is 4.79 Å². The number of nitrogens with one attached hydrogen (secondary N) is 2. The lowest BCUT2D eigenvalue weighted by atomic mass is 10.1. The third-order valence-electron chi connectivity index (χ3n) is 5.03. The molecule has 3 rings (SSSR count). The van der Waals surface area contributed by atoms with Crippen molar-refractivity contribution in [3.8, 4) is 0 Å². The Labute approximate surface area is 183 Å². The molecule has 1 heterocycles. The molecule has 3 amide bonds. The highest BCUT2D eigenvalue weighted by Crippen LogP contribution is 2.09. The van der Waals surface area contributed by atoms with Crippen LogP contribution in [0.25, 0.3) is 0 Å². The second-order valence-corrected chi connectivity index (χ2v) is 7.52. The molecule has 2 aromatic carbocycles. The maximum Gasteiger partial charge on any atom is 0.315 e. The van der Waals surface area contributed by atoms with Gasteiger partial charge in [-0.25, -0.2) is 9.78 Å². The fraction of sp³-hybridized carbons (Fsp3) is 0.292. The Bertz CT molecular complexity index is 1000. The number of aryl methyl sites for hydroxylation is 1. The van der Waals surface area contributed by atoms with Crippen LogP contribution in [0.5, 0.6) is 0 Å². The molecule has 0 aliphatic rings. The van der Waals surface area contributed by atoms with Crippen LogP contribution >= 0.6 is 0 Å². The Kier molecular flexibility index (Phi) is 7.81. The van der Waals surface area contributed by atoms with Crippen molar-refractivity contribution in [2.24, 2.45) is 0 Å². The van der Waals surface area contributed by atoms with Gasteiger partial charge in [-0.3, -0.25) is 4.79 Å². The van der Waals surface area contributed by atoms with E-state index in [2.05, 4.69) is 32.3 Å². The largest absolute Gasteiger partial charge is 0.341 e. The van der Waals surface area contributed by atoms with Gasteiger partial charge in [0, 0.05) is 52.0 Å². The molecule has 0 saturated carbocycles. The number of aromatic nitrogens is 2. The van der Waals surface area contributed by atoms with Crippen molar-refractivity contribution in [3.63, 3.8) is 0 Å². The van der Waals surface area contributed by atoms with Crippen LogP contribution in [0, 0.1) is 6.92 Å². The topological polar surface area (TPSA) is 79.3 Å². The van der Waals surface area contributed by atoms with Gasteiger partial charge in [0.1, 0.15) is 5.82 Å². The molecule has 0 aliphatic carbocycles. The Morgan fingerprint density at radius 1 is 1.00 bits per heavy atom. The zero-order chi connectivity index (χ0) is 22.1. The van der Waals surface area contributed by atoms with Gasteiger partial charge in [-0.15, -0.1) is 0 Å². The molecule has 1 aromatic heterocycles. The predicted octanol–water partition coefficient (Wildman–Crippen LogP) is 3.09. The number of hydrogen-bond acceptors (Lipinski definition) is 3. The lowest BCUT2D eigenvalue weighted by Crippen LogP contribution is -2.37. The Morgan fingerprint density at radius 2 is 1.74 bits per heavy atom. The van der Waals surface area contributed by atoms with Crippen LogP contribution in [-0.2, 0) is 24.4 Å². The number of nitrogens with zero attached hydrogens (tertiary/aromatic N) is 3. The van der Waals surface area contributed by atoms with E-state index in [4.69, 9.17) is 0 Å². The summed E-state index contributed by atoms with van der Waals surface area (Å²) in [6.45, 7) is 3.99. The molecule has 0 aliphatic heterocycles. The monoisotopic (exact) mass is 419 g/mol. The van der Waals surface area contributed by atoms with E-state index >= 15 is 0 Å². The molecular formula is C24H29N5O2. The molecule has 0 unspecified atom stereocenters. The highest BCUT2D eigenvalue weighted by atomic mass is 16.2. The van der Waals surface area contributed by atoms with Crippen LogP contribution in [-0.4, -0.2) is 40.0 Å². The SMILES string of the molecule is Cc1nccn1Cc1cccc(CNC(=O)NCCC(=O)N(C)Cc2ccccc2)c1. The highest BCUT2D eigenvalue weighted by molar-refractivity contribution is 5.78. The number of carbonyl (C=O) groups is 2. The van der Waals surface area contributed by atoms with E-state index in [1.54, 1.807) is 18.1 Å². The van der Waals surface area contributed by atoms with Crippen LogP contribution < -0.4 is 10.6 Å². The number of hydrogen-bond donors (Lipinski definition) is 2. The summed E-state index contributed by atoms with van der Waals surface area (Å²) in [6, 6.07) is 17.6. The smallest absolute Gasteiger partial charge is 0.315 e. The lowest BCUT2D eigenvalue weighted by Gasteiger charge is -2.17. The van der Waals surface area contributed by atoms with Gasteiger partial charge in [0.2, 0.25) is 5.91 Å². The van der Waals surface area contributed by atoms with Gasteiger partial charge in [-0.1, -0.05) is 54.6 Å². The molecule has 0 bridgehead atoms. The molecule has 0 atom stereocenters. The first-order valence-electron chi connectivity index (χ1n) is 10.4. The van der Waals surface area contributed by atoms with E-state index in [-0.39, 0.29) is 18.4 Å². The molecule has 7 nitrogen and oxygen atoms in total. The summed E-state index contributed by atoms with van der Waals surface area (Å²) in [5, 5.41) is 5.60. The average Bonchev–Trinajstić information content (AvgIpc) is 3.17. The van der Waals surface area contributed by atoms with E-state index in [1.807, 2.05) is 55.6 Å². The zero-order valence-corrected chi connectivity index (χ0v) is 18.0. The van der Waals surface area contributed by atoms with Crippen molar-refractivity contribution in [2.75, 3.05) is 13.6 Å². The molecule has 0 fully saturated rings. The molecule has 2 N–H and O–H groups in total. The maximum atomic E-state index is 12.2. The number of amides is 3. The molecule has 0 radical (unpaired) electrons. The number of benzene rings is 2.